The van der Waals surface area contributed by atoms with Gasteiger partial charge in [-0.1, -0.05) is 0 Å². The van der Waals surface area contributed by atoms with E-state index >= 15 is 0 Å². The molecule has 1 atom stereocenters. The summed E-state index contributed by atoms with van der Waals surface area (Å²) in [6.07, 6.45) is -0.343. The molecule has 4 saturated carbocycles. The van der Waals surface area contributed by atoms with E-state index in [1.165, 1.54) is 18.2 Å². The number of halogens is 3. The molecular weight excluding hydrogens is 373 g/mol. The monoisotopic (exact) mass is 394 g/mol. The summed E-state index contributed by atoms with van der Waals surface area (Å²) in [5.41, 5.74) is -0.781. The van der Waals surface area contributed by atoms with Crippen LogP contribution in [0.4, 0.5) is 13.2 Å². The Kier molecular flexibility index (Phi) is 3.84. The van der Waals surface area contributed by atoms with Crippen LogP contribution in [0.2, 0.25) is 0 Å². The number of alkyl halides is 3. The average Bonchev–Trinajstić information content (AvgIpc) is 3.07. The Morgan fingerprint density at radius 3 is 2.11 bits per heavy atom. The molecule has 0 spiro atoms. The van der Waals surface area contributed by atoms with Gasteiger partial charge in [-0.2, -0.15) is 13.2 Å². The van der Waals surface area contributed by atoms with Crippen LogP contribution < -0.4 is 9.47 Å². The second-order valence-electron chi connectivity index (χ2n) is 9.01. The van der Waals surface area contributed by atoms with E-state index in [1.54, 1.807) is 0 Å². The van der Waals surface area contributed by atoms with Crippen LogP contribution in [0.25, 0.3) is 0 Å². The van der Waals surface area contributed by atoms with Crippen LogP contribution in [0, 0.1) is 29.1 Å². The summed E-state index contributed by atoms with van der Waals surface area (Å²) in [6, 6.07) is 4.36. The van der Waals surface area contributed by atoms with Crippen LogP contribution in [-0.4, -0.2) is 24.5 Å². The lowest BCUT2D eigenvalue weighted by Gasteiger charge is -2.58. The minimum atomic E-state index is -5.03. The molecule has 1 aliphatic heterocycles. The summed E-state index contributed by atoms with van der Waals surface area (Å²) in [5, 5.41) is 0. The minimum Gasteiger partial charge on any atom is -0.454 e. The standard InChI is InChI=1S/C21H21F3O4/c22-21(23,24)19(26)17(18(25)14-1-2-15-16(6-14)28-10-27-15)20-7-11-3-12(8-20)5-13(4-11)9-20/h1-2,6,11-13,17H,3-5,7-10H2/t11?,12?,13?,17-,20?/m0/s1. The van der Waals surface area contributed by atoms with Crippen LogP contribution in [0.3, 0.4) is 0 Å². The largest absolute Gasteiger partial charge is 0.454 e. The van der Waals surface area contributed by atoms with E-state index in [-0.39, 0.29) is 12.4 Å². The van der Waals surface area contributed by atoms with Crippen LogP contribution in [-0.2, 0) is 4.79 Å². The molecule has 0 amide bonds. The van der Waals surface area contributed by atoms with E-state index < -0.39 is 29.1 Å². The highest BCUT2D eigenvalue weighted by molar-refractivity contribution is 6.13. The second kappa shape index (κ2) is 5.97. The Bertz CT molecular complexity index is 809. The Balaban J connectivity index is 1.56. The van der Waals surface area contributed by atoms with Gasteiger partial charge < -0.3 is 9.47 Å². The van der Waals surface area contributed by atoms with E-state index in [4.69, 9.17) is 9.47 Å². The van der Waals surface area contributed by atoms with Gasteiger partial charge in [0.1, 0.15) is 0 Å². The Labute approximate surface area is 160 Å². The van der Waals surface area contributed by atoms with Gasteiger partial charge >= 0.3 is 6.18 Å². The number of fused-ring (bicyclic) bond motifs is 1. The summed E-state index contributed by atoms with van der Waals surface area (Å²) in [4.78, 5) is 25.9. The maximum atomic E-state index is 13.5. The van der Waals surface area contributed by atoms with Gasteiger partial charge in [0.25, 0.3) is 0 Å². The number of Topliss-reactive ketones (excluding diaryl/α,β-unsaturated/α-hetero) is 2. The summed E-state index contributed by atoms with van der Waals surface area (Å²) in [5.74, 6) is -2.52. The molecule has 4 bridgehead atoms. The van der Waals surface area contributed by atoms with E-state index in [2.05, 4.69) is 0 Å². The molecule has 0 N–H and O–H groups in total. The van der Waals surface area contributed by atoms with Gasteiger partial charge in [0.05, 0.1) is 5.92 Å². The number of benzene rings is 1. The zero-order valence-corrected chi connectivity index (χ0v) is 15.3. The van der Waals surface area contributed by atoms with Crippen LogP contribution in [0.5, 0.6) is 11.5 Å². The number of carbonyl (C=O) groups is 2. The molecule has 1 aromatic carbocycles. The van der Waals surface area contributed by atoms with Crippen molar-refractivity contribution in [3.8, 4) is 11.5 Å². The first-order valence-electron chi connectivity index (χ1n) is 9.80. The van der Waals surface area contributed by atoms with Crippen LogP contribution in [0.15, 0.2) is 18.2 Å². The van der Waals surface area contributed by atoms with Crippen molar-refractivity contribution in [1.29, 1.82) is 0 Å². The van der Waals surface area contributed by atoms with Crippen molar-refractivity contribution >= 4 is 11.6 Å². The zero-order chi connectivity index (χ0) is 19.7. The third-order valence-electron chi connectivity index (χ3n) is 7.16. The summed E-state index contributed by atoms with van der Waals surface area (Å²) in [7, 11) is 0. The third-order valence-corrected chi connectivity index (χ3v) is 7.16. The molecule has 4 nitrogen and oxygen atoms in total. The molecule has 0 radical (unpaired) electrons. The lowest BCUT2D eigenvalue weighted by Crippen LogP contribution is -2.55. The predicted octanol–water partition coefficient (Wildman–Crippen LogP) is 4.56. The number of hydrogen-bond donors (Lipinski definition) is 0. The molecule has 4 fully saturated rings. The van der Waals surface area contributed by atoms with E-state index in [1.807, 2.05) is 0 Å². The van der Waals surface area contributed by atoms with Gasteiger partial charge in [-0.25, -0.2) is 0 Å². The molecule has 4 aliphatic carbocycles. The maximum Gasteiger partial charge on any atom is 0.450 e. The summed E-state index contributed by atoms with van der Waals surface area (Å²) < 4.78 is 51.1. The maximum absolute atomic E-state index is 13.5. The molecule has 0 aromatic heterocycles. The smallest absolute Gasteiger partial charge is 0.450 e. The van der Waals surface area contributed by atoms with Gasteiger partial charge in [0.2, 0.25) is 12.6 Å². The highest BCUT2D eigenvalue weighted by Crippen LogP contribution is 2.63. The molecule has 28 heavy (non-hydrogen) atoms. The molecule has 7 heteroatoms. The van der Waals surface area contributed by atoms with E-state index in [0.717, 1.165) is 19.3 Å². The topological polar surface area (TPSA) is 52.6 Å². The van der Waals surface area contributed by atoms with Crippen molar-refractivity contribution in [1.82, 2.24) is 0 Å². The first-order chi connectivity index (χ1) is 13.2. The van der Waals surface area contributed by atoms with Crippen molar-refractivity contribution in [2.75, 3.05) is 6.79 Å². The second-order valence-corrected chi connectivity index (χ2v) is 9.01. The molecular formula is C21H21F3O4. The Morgan fingerprint density at radius 2 is 1.54 bits per heavy atom. The van der Waals surface area contributed by atoms with Crippen molar-refractivity contribution in [3.63, 3.8) is 0 Å². The lowest BCUT2D eigenvalue weighted by atomic mass is 9.45. The molecule has 5 aliphatic rings. The SMILES string of the molecule is O=C(c1ccc2c(c1)OCO2)[C@@H](C(=O)C(F)(F)F)C12CC3CC(CC(C3)C1)C2. The van der Waals surface area contributed by atoms with Crippen molar-refractivity contribution in [2.24, 2.45) is 29.1 Å². The van der Waals surface area contributed by atoms with Gasteiger partial charge in [-0.05, 0) is 79.9 Å². The van der Waals surface area contributed by atoms with E-state index in [9.17, 15) is 22.8 Å². The number of hydrogen-bond acceptors (Lipinski definition) is 4. The number of ketones is 2. The Hall–Kier alpha value is -2.05. The lowest BCUT2D eigenvalue weighted by molar-refractivity contribution is -0.183. The molecule has 0 unspecified atom stereocenters. The highest BCUT2D eigenvalue weighted by atomic mass is 19.4. The number of carbonyl (C=O) groups excluding carboxylic acids is 2. The minimum absolute atomic E-state index is 0.00681. The molecule has 1 heterocycles. The van der Waals surface area contributed by atoms with Crippen LogP contribution >= 0.6 is 0 Å². The summed E-state index contributed by atoms with van der Waals surface area (Å²) in [6.45, 7) is 0.00681. The third kappa shape index (κ3) is 2.73. The normalized spacial score (nSPS) is 33.8. The van der Waals surface area contributed by atoms with Gasteiger partial charge in [-0.15, -0.1) is 0 Å². The Morgan fingerprint density at radius 1 is 0.964 bits per heavy atom. The quantitative estimate of drug-likeness (QED) is 0.555. The van der Waals surface area contributed by atoms with E-state index in [0.29, 0.717) is 48.5 Å². The highest BCUT2D eigenvalue weighted by Gasteiger charge is 2.61. The van der Waals surface area contributed by atoms with Gasteiger partial charge in [0, 0.05) is 5.56 Å². The fourth-order valence-corrected chi connectivity index (χ4v) is 6.59. The average molecular weight is 394 g/mol. The van der Waals surface area contributed by atoms with Crippen molar-refractivity contribution in [2.45, 2.75) is 44.7 Å². The number of ether oxygens (including phenoxy) is 2. The zero-order valence-electron chi connectivity index (χ0n) is 15.3. The van der Waals surface area contributed by atoms with Crippen molar-refractivity contribution in [3.05, 3.63) is 23.8 Å². The summed E-state index contributed by atoms with van der Waals surface area (Å²) >= 11 is 0. The molecule has 0 saturated heterocycles. The predicted molar refractivity (Wildman–Crippen MR) is 92.1 cm³/mol. The molecule has 6 rings (SSSR count). The number of rotatable bonds is 4. The first-order valence-corrected chi connectivity index (χ1v) is 9.80. The van der Waals surface area contributed by atoms with Gasteiger partial charge in [-0.3, -0.25) is 9.59 Å². The first kappa shape index (κ1) is 18.0. The fraction of sp³-hybridized carbons (Fsp3) is 0.619. The van der Waals surface area contributed by atoms with Gasteiger partial charge in [0.15, 0.2) is 17.3 Å². The molecule has 1 aromatic rings. The molecule has 150 valence electrons. The van der Waals surface area contributed by atoms with Crippen molar-refractivity contribution < 1.29 is 32.2 Å². The fourth-order valence-electron chi connectivity index (χ4n) is 6.59. The van der Waals surface area contributed by atoms with Crippen LogP contribution in [0.1, 0.15) is 48.9 Å².